The van der Waals surface area contributed by atoms with E-state index in [0.717, 1.165) is 11.6 Å². The Hall–Kier alpha value is -3.26. The lowest BCUT2D eigenvalue weighted by molar-refractivity contribution is -0.144. The van der Waals surface area contributed by atoms with Gasteiger partial charge in [0.15, 0.2) is 5.60 Å². The number of para-hydroxylation sites is 2. The molecule has 2 aliphatic rings. The first-order chi connectivity index (χ1) is 17.2. The lowest BCUT2D eigenvalue weighted by Gasteiger charge is -2.29. The molecule has 3 aromatic carbocycles. The van der Waals surface area contributed by atoms with E-state index in [1.807, 2.05) is 66.7 Å². The van der Waals surface area contributed by atoms with Gasteiger partial charge in [0.25, 0.3) is 5.91 Å². The van der Waals surface area contributed by atoms with Gasteiger partial charge in [0.1, 0.15) is 12.6 Å². The minimum absolute atomic E-state index is 0.0937. The van der Waals surface area contributed by atoms with Crippen molar-refractivity contribution in [2.45, 2.75) is 43.7 Å². The lowest BCUT2D eigenvalue weighted by atomic mass is 9.78. The Morgan fingerprint density at radius 1 is 0.861 bits per heavy atom. The minimum Gasteiger partial charge on any atom is -0.374 e. The minimum atomic E-state index is -2.01. The molecular weight excluding hydrogens is 468 g/mol. The summed E-state index contributed by atoms with van der Waals surface area (Å²) >= 11 is 0. The van der Waals surface area contributed by atoms with Crippen LogP contribution in [0.1, 0.15) is 22.6 Å². The summed E-state index contributed by atoms with van der Waals surface area (Å²) in [5.41, 5.74) is 1.35. The number of benzene rings is 3. The molecule has 0 unspecified atom stereocenters. The van der Waals surface area contributed by atoms with Crippen LogP contribution in [-0.4, -0.2) is 38.3 Å². The maximum absolute atomic E-state index is 14.0. The first-order valence-electron chi connectivity index (χ1n) is 12.4. The first-order valence-corrected chi connectivity index (χ1v) is 16.1. The Morgan fingerprint density at radius 2 is 1.50 bits per heavy atom. The second kappa shape index (κ2) is 9.31. The van der Waals surface area contributed by atoms with Crippen molar-refractivity contribution in [2.24, 2.45) is 0 Å². The van der Waals surface area contributed by atoms with Gasteiger partial charge in [-0.1, -0.05) is 86.4 Å². The number of nitrogens with zero attached hydrogens (tertiary/aromatic N) is 2. The van der Waals surface area contributed by atoms with Gasteiger partial charge >= 0.3 is 0 Å². The van der Waals surface area contributed by atoms with Crippen LogP contribution < -0.4 is 9.80 Å². The fourth-order valence-electron chi connectivity index (χ4n) is 5.12. The van der Waals surface area contributed by atoms with E-state index in [1.54, 1.807) is 21.9 Å². The van der Waals surface area contributed by atoms with E-state index in [2.05, 4.69) is 19.6 Å². The molecule has 1 N–H and O–H groups in total. The maximum atomic E-state index is 14.0. The van der Waals surface area contributed by atoms with Crippen LogP contribution in [0.2, 0.25) is 25.7 Å². The van der Waals surface area contributed by atoms with Crippen LogP contribution in [0.15, 0.2) is 78.9 Å². The number of rotatable bonds is 8. The van der Waals surface area contributed by atoms with Crippen molar-refractivity contribution < 1.29 is 19.4 Å². The predicted molar refractivity (Wildman–Crippen MR) is 144 cm³/mol. The second-order valence-corrected chi connectivity index (χ2v) is 16.4. The molecule has 2 amide bonds. The molecule has 0 saturated heterocycles. The van der Waals surface area contributed by atoms with E-state index >= 15 is 0 Å². The van der Waals surface area contributed by atoms with Crippen molar-refractivity contribution in [3.8, 4) is 0 Å². The molecule has 6 nitrogen and oxygen atoms in total. The fourth-order valence-corrected chi connectivity index (χ4v) is 5.88. The molecule has 0 aromatic heterocycles. The van der Waals surface area contributed by atoms with Crippen LogP contribution in [-0.2, 0) is 26.5 Å². The van der Waals surface area contributed by atoms with E-state index in [4.69, 9.17) is 4.74 Å². The Kier molecular flexibility index (Phi) is 6.32. The summed E-state index contributed by atoms with van der Waals surface area (Å²) in [4.78, 5) is 31.0. The number of hydrogen-bond donors (Lipinski definition) is 1. The molecule has 2 heterocycles. The van der Waals surface area contributed by atoms with Crippen molar-refractivity contribution in [1.29, 1.82) is 0 Å². The highest BCUT2D eigenvalue weighted by Gasteiger charge is 2.60. The largest absolute Gasteiger partial charge is 0.374 e. The summed E-state index contributed by atoms with van der Waals surface area (Å²) in [5.74, 6) is -1.86. The molecular formula is C29H32N2O4Si. The second-order valence-electron chi connectivity index (χ2n) is 10.8. The Labute approximate surface area is 213 Å². The number of ether oxygens (including phenoxy) is 1. The third-order valence-electron chi connectivity index (χ3n) is 7.05. The van der Waals surface area contributed by atoms with E-state index in [1.165, 1.54) is 0 Å². The Morgan fingerprint density at radius 3 is 2.22 bits per heavy atom. The molecule has 2 aliphatic heterocycles. The summed E-state index contributed by atoms with van der Waals surface area (Å²) in [7, 11) is -1.28. The zero-order valence-corrected chi connectivity index (χ0v) is 22.0. The van der Waals surface area contributed by atoms with Crippen LogP contribution in [0.25, 0.3) is 0 Å². The predicted octanol–water partition coefficient (Wildman–Crippen LogP) is 4.86. The van der Waals surface area contributed by atoms with Crippen molar-refractivity contribution in [3.05, 3.63) is 95.6 Å². The van der Waals surface area contributed by atoms with E-state index in [0.29, 0.717) is 35.7 Å². The lowest BCUT2D eigenvalue weighted by Crippen LogP contribution is -2.48. The summed E-state index contributed by atoms with van der Waals surface area (Å²) < 4.78 is 5.92. The summed E-state index contributed by atoms with van der Waals surface area (Å²) in [5, 5.41) is 12.2. The molecule has 0 fully saturated rings. The first kappa shape index (κ1) is 24.4. The highest BCUT2D eigenvalue weighted by Crippen LogP contribution is 2.53. The molecule has 3 aromatic rings. The van der Waals surface area contributed by atoms with Crippen molar-refractivity contribution >= 4 is 31.3 Å². The Balaban J connectivity index is 1.50. The van der Waals surface area contributed by atoms with Crippen LogP contribution >= 0.6 is 0 Å². The van der Waals surface area contributed by atoms with Crippen LogP contribution in [0, 0.1) is 0 Å². The molecule has 0 aliphatic carbocycles. The average molecular weight is 501 g/mol. The molecule has 0 spiro atoms. The van der Waals surface area contributed by atoms with Crippen molar-refractivity contribution in [2.75, 3.05) is 23.1 Å². The van der Waals surface area contributed by atoms with Gasteiger partial charge in [0, 0.05) is 20.2 Å². The van der Waals surface area contributed by atoms with Gasteiger partial charge < -0.3 is 14.7 Å². The smallest absolute Gasteiger partial charge is 0.265 e. The molecule has 186 valence electrons. The van der Waals surface area contributed by atoms with Gasteiger partial charge in [0.05, 0.1) is 17.9 Å². The maximum Gasteiger partial charge on any atom is 0.265 e. The van der Waals surface area contributed by atoms with Gasteiger partial charge in [-0.2, -0.15) is 0 Å². The van der Waals surface area contributed by atoms with Crippen molar-refractivity contribution in [1.82, 2.24) is 0 Å². The molecule has 0 bridgehead atoms. The zero-order valence-electron chi connectivity index (χ0n) is 21.0. The zero-order chi connectivity index (χ0) is 25.5. The molecule has 5 rings (SSSR count). The molecule has 0 radical (unpaired) electrons. The fraction of sp³-hybridized carbons (Fsp3) is 0.310. The number of carbonyl (C=O) groups is 2. The number of anilines is 2. The average Bonchev–Trinajstić information content (AvgIpc) is 3.26. The summed E-state index contributed by atoms with van der Waals surface area (Å²) in [6, 6.07) is 25.3. The van der Waals surface area contributed by atoms with Gasteiger partial charge in [-0.25, -0.2) is 0 Å². The highest BCUT2D eigenvalue weighted by atomic mass is 28.3. The summed E-state index contributed by atoms with van der Waals surface area (Å²) in [6.07, 6.45) is 0. The molecule has 7 heteroatoms. The van der Waals surface area contributed by atoms with Crippen molar-refractivity contribution in [3.63, 3.8) is 0 Å². The molecule has 36 heavy (non-hydrogen) atoms. The number of aliphatic hydroxyl groups is 1. The standard InChI is InChI=1S/C29H32N2O4Si/c1-36(2,3)18-17-35-20-31-24-15-9-7-13-22(24)26(27(31)32)29(34)23-14-8-10-16-25(23)30(28(29)33)19-21-11-5-4-6-12-21/h4-16,26,34H,17-20H2,1-3H3/t26-,29+/m0/s1. The van der Waals surface area contributed by atoms with Gasteiger partial charge in [-0.05, 0) is 29.3 Å². The SMILES string of the molecule is C[Si](C)(C)CCOCN1C(=O)[C@@H]([C@@]2(O)C(=O)N(Cc3ccccc3)c3ccccc32)c2ccccc21. The highest BCUT2D eigenvalue weighted by molar-refractivity contribution is 6.76. The van der Waals surface area contributed by atoms with Crippen LogP contribution in [0.3, 0.4) is 0 Å². The van der Waals surface area contributed by atoms with E-state index < -0.39 is 25.5 Å². The van der Waals surface area contributed by atoms with E-state index in [-0.39, 0.29) is 12.6 Å². The third-order valence-corrected chi connectivity index (χ3v) is 8.75. The van der Waals surface area contributed by atoms with E-state index in [9.17, 15) is 14.7 Å². The monoisotopic (exact) mass is 500 g/mol. The van der Waals surface area contributed by atoms with Crippen LogP contribution in [0.5, 0.6) is 0 Å². The third kappa shape index (κ3) is 4.17. The summed E-state index contributed by atoms with van der Waals surface area (Å²) in [6.45, 7) is 7.82. The number of amides is 2. The number of carbonyl (C=O) groups excluding carboxylic acids is 2. The van der Waals surface area contributed by atoms with Gasteiger partial charge in [-0.15, -0.1) is 0 Å². The quantitative estimate of drug-likeness (QED) is 0.354. The van der Waals surface area contributed by atoms with Gasteiger partial charge in [0.2, 0.25) is 5.91 Å². The van der Waals surface area contributed by atoms with Crippen LogP contribution in [0.4, 0.5) is 11.4 Å². The number of fused-ring (bicyclic) bond motifs is 2. The molecule has 2 atom stereocenters. The molecule has 0 saturated carbocycles. The van der Waals surface area contributed by atoms with Gasteiger partial charge in [-0.3, -0.25) is 14.5 Å². The Bertz CT molecular complexity index is 1290. The number of hydrogen-bond acceptors (Lipinski definition) is 4. The topological polar surface area (TPSA) is 70.1 Å². The normalized spacial score (nSPS) is 21.2.